The molecule has 0 fully saturated rings. The van der Waals surface area contributed by atoms with E-state index in [9.17, 15) is 10.2 Å². The summed E-state index contributed by atoms with van der Waals surface area (Å²) in [5, 5.41) is 19.8. The normalized spacial score (nSPS) is 20.4. The lowest BCUT2D eigenvalue weighted by atomic mass is 9.74. The van der Waals surface area contributed by atoms with Crippen molar-refractivity contribution in [1.29, 1.82) is 0 Å². The lowest BCUT2D eigenvalue weighted by Crippen LogP contribution is -2.23. The van der Waals surface area contributed by atoms with Gasteiger partial charge in [-0.15, -0.1) is 17.0 Å². The highest BCUT2D eigenvalue weighted by Gasteiger charge is 2.29. The second-order valence-corrected chi connectivity index (χ2v) is 5.48. The van der Waals surface area contributed by atoms with E-state index in [0.717, 1.165) is 24.0 Å². The maximum Gasteiger partial charge on any atom is 0.160 e. The molecule has 0 aliphatic heterocycles. The van der Waals surface area contributed by atoms with Crippen LogP contribution in [0.15, 0.2) is 42.5 Å². The smallest absolute Gasteiger partial charge is 0.160 e. The zero-order valence-electron chi connectivity index (χ0n) is 11.7. The van der Waals surface area contributed by atoms with Crippen molar-refractivity contribution in [2.24, 2.45) is 5.73 Å². The number of benzene rings is 2. The van der Waals surface area contributed by atoms with Crippen LogP contribution >= 0.6 is 17.0 Å². The quantitative estimate of drug-likeness (QED) is 0.727. The highest BCUT2D eigenvalue weighted by atomic mass is 79.9. The standard InChI is InChI=1S/C17H19NO2.BrH/c18-10-13-8-12(11-4-2-1-3-5-11)9-15-14(13)6-7-16(19)17(15)20;/h1-7,12-13,19-20H,8-10,18H2;1H. The molecule has 1 aliphatic rings. The van der Waals surface area contributed by atoms with Gasteiger partial charge in [0.1, 0.15) is 0 Å². The van der Waals surface area contributed by atoms with Crippen molar-refractivity contribution in [1.82, 2.24) is 0 Å². The molecule has 4 N–H and O–H groups in total. The van der Waals surface area contributed by atoms with Crippen LogP contribution in [0.3, 0.4) is 0 Å². The zero-order valence-corrected chi connectivity index (χ0v) is 13.4. The monoisotopic (exact) mass is 349 g/mol. The first-order valence-corrected chi connectivity index (χ1v) is 6.99. The first-order chi connectivity index (χ1) is 9.70. The van der Waals surface area contributed by atoms with Crippen LogP contribution in [0.5, 0.6) is 11.5 Å². The highest BCUT2D eigenvalue weighted by molar-refractivity contribution is 8.93. The molecular formula is C17H20BrNO2. The summed E-state index contributed by atoms with van der Waals surface area (Å²) in [7, 11) is 0. The molecule has 3 nitrogen and oxygen atoms in total. The Balaban J connectivity index is 0.00000161. The van der Waals surface area contributed by atoms with Gasteiger partial charge in [-0.1, -0.05) is 36.4 Å². The first-order valence-electron chi connectivity index (χ1n) is 6.99. The van der Waals surface area contributed by atoms with Gasteiger partial charge in [-0.25, -0.2) is 0 Å². The highest BCUT2D eigenvalue weighted by Crippen LogP contribution is 2.45. The van der Waals surface area contributed by atoms with E-state index in [1.807, 2.05) is 24.3 Å². The Labute approximate surface area is 135 Å². The van der Waals surface area contributed by atoms with Crippen LogP contribution in [0.1, 0.15) is 34.9 Å². The molecule has 112 valence electrons. The van der Waals surface area contributed by atoms with Gasteiger partial charge in [0.05, 0.1) is 0 Å². The van der Waals surface area contributed by atoms with Crippen LogP contribution in [0.4, 0.5) is 0 Å². The van der Waals surface area contributed by atoms with Gasteiger partial charge in [-0.3, -0.25) is 0 Å². The third-order valence-electron chi connectivity index (χ3n) is 4.31. The van der Waals surface area contributed by atoms with Gasteiger partial charge in [-0.05, 0) is 48.4 Å². The zero-order chi connectivity index (χ0) is 14.1. The largest absolute Gasteiger partial charge is 0.504 e. The predicted octanol–water partition coefficient (Wildman–Crippen LogP) is 3.45. The Bertz CT molecular complexity index is 616. The summed E-state index contributed by atoms with van der Waals surface area (Å²) in [6.07, 6.45) is 1.73. The topological polar surface area (TPSA) is 66.5 Å². The number of phenolic OH excluding ortho intramolecular Hbond substituents is 2. The van der Waals surface area contributed by atoms with Crippen LogP contribution in [0, 0.1) is 0 Å². The number of halogens is 1. The summed E-state index contributed by atoms with van der Waals surface area (Å²) >= 11 is 0. The van der Waals surface area contributed by atoms with Crippen molar-refractivity contribution in [3.05, 3.63) is 59.2 Å². The number of hydrogen-bond acceptors (Lipinski definition) is 3. The van der Waals surface area contributed by atoms with E-state index in [1.54, 1.807) is 6.07 Å². The molecule has 0 bridgehead atoms. The van der Waals surface area contributed by atoms with Gasteiger partial charge < -0.3 is 15.9 Å². The van der Waals surface area contributed by atoms with Crippen molar-refractivity contribution in [2.75, 3.05) is 6.54 Å². The number of nitrogens with two attached hydrogens (primary N) is 1. The minimum absolute atomic E-state index is 0. The van der Waals surface area contributed by atoms with Crippen LogP contribution in [0.25, 0.3) is 0 Å². The molecule has 2 aromatic rings. The minimum Gasteiger partial charge on any atom is -0.504 e. The molecule has 3 rings (SSSR count). The van der Waals surface area contributed by atoms with Gasteiger partial charge in [0.2, 0.25) is 0 Å². The summed E-state index contributed by atoms with van der Waals surface area (Å²) in [6.45, 7) is 0.556. The van der Waals surface area contributed by atoms with E-state index in [4.69, 9.17) is 5.73 Å². The van der Waals surface area contributed by atoms with Crippen LogP contribution in [-0.2, 0) is 6.42 Å². The lowest BCUT2D eigenvalue weighted by Gasteiger charge is -2.32. The Morgan fingerprint density at radius 3 is 2.43 bits per heavy atom. The van der Waals surface area contributed by atoms with Crippen molar-refractivity contribution in [3.8, 4) is 11.5 Å². The third kappa shape index (κ3) is 2.92. The third-order valence-corrected chi connectivity index (χ3v) is 4.31. The maximum absolute atomic E-state index is 10.1. The van der Waals surface area contributed by atoms with Gasteiger partial charge in [0.25, 0.3) is 0 Å². The molecule has 2 atom stereocenters. The van der Waals surface area contributed by atoms with E-state index in [1.165, 1.54) is 5.56 Å². The second-order valence-electron chi connectivity index (χ2n) is 5.48. The molecule has 0 radical (unpaired) electrons. The fourth-order valence-electron chi connectivity index (χ4n) is 3.24. The molecule has 1 aliphatic carbocycles. The molecule has 0 saturated heterocycles. The number of phenols is 2. The molecule has 0 amide bonds. The van der Waals surface area contributed by atoms with Gasteiger partial charge in [0, 0.05) is 5.56 Å². The Hall–Kier alpha value is -1.52. The number of hydrogen-bond donors (Lipinski definition) is 3. The van der Waals surface area contributed by atoms with E-state index >= 15 is 0 Å². The predicted molar refractivity (Wildman–Crippen MR) is 89.4 cm³/mol. The summed E-state index contributed by atoms with van der Waals surface area (Å²) < 4.78 is 0. The van der Waals surface area contributed by atoms with Crippen LogP contribution in [0.2, 0.25) is 0 Å². The van der Waals surface area contributed by atoms with E-state index in [2.05, 4.69) is 12.1 Å². The Morgan fingerprint density at radius 2 is 1.76 bits per heavy atom. The molecule has 0 heterocycles. The molecule has 4 heteroatoms. The van der Waals surface area contributed by atoms with Gasteiger partial charge in [0.15, 0.2) is 11.5 Å². The van der Waals surface area contributed by atoms with Crippen LogP contribution in [-0.4, -0.2) is 16.8 Å². The fraction of sp³-hybridized carbons (Fsp3) is 0.294. The number of rotatable bonds is 2. The van der Waals surface area contributed by atoms with E-state index in [-0.39, 0.29) is 34.4 Å². The molecular weight excluding hydrogens is 330 g/mol. The molecule has 2 unspecified atom stereocenters. The van der Waals surface area contributed by atoms with Gasteiger partial charge in [-0.2, -0.15) is 0 Å². The average molecular weight is 350 g/mol. The number of fused-ring (bicyclic) bond motifs is 1. The van der Waals surface area contributed by atoms with Gasteiger partial charge >= 0.3 is 0 Å². The summed E-state index contributed by atoms with van der Waals surface area (Å²) in [4.78, 5) is 0. The van der Waals surface area contributed by atoms with Crippen LogP contribution < -0.4 is 5.73 Å². The average Bonchev–Trinajstić information content (AvgIpc) is 2.51. The molecule has 0 aromatic heterocycles. The van der Waals surface area contributed by atoms with E-state index in [0.29, 0.717) is 12.5 Å². The molecule has 0 saturated carbocycles. The minimum atomic E-state index is -0.0479. The SMILES string of the molecule is Br.NCC1CC(c2ccccc2)Cc2c1ccc(O)c2O. The Kier molecular flexibility index (Phi) is 4.91. The van der Waals surface area contributed by atoms with Crippen molar-refractivity contribution in [2.45, 2.75) is 24.7 Å². The second kappa shape index (κ2) is 6.50. The van der Waals surface area contributed by atoms with Crippen molar-refractivity contribution < 1.29 is 10.2 Å². The van der Waals surface area contributed by atoms with E-state index < -0.39 is 0 Å². The molecule has 21 heavy (non-hydrogen) atoms. The fourth-order valence-corrected chi connectivity index (χ4v) is 3.24. The van der Waals surface area contributed by atoms with Crippen molar-refractivity contribution >= 4 is 17.0 Å². The molecule has 0 spiro atoms. The summed E-state index contributed by atoms with van der Waals surface area (Å²) in [5.74, 6) is 0.537. The first kappa shape index (κ1) is 15.9. The maximum atomic E-state index is 10.1. The summed E-state index contributed by atoms with van der Waals surface area (Å²) in [5.41, 5.74) is 9.09. The summed E-state index contributed by atoms with van der Waals surface area (Å²) in [6, 6.07) is 13.7. The Morgan fingerprint density at radius 1 is 1.05 bits per heavy atom. The lowest BCUT2D eigenvalue weighted by molar-refractivity contribution is 0.388. The molecule has 2 aromatic carbocycles. The number of aromatic hydroxyl groups is 2. The van der Waals surface area contributed by atoms with Crippen molar-refractivity contribution in [3.63, 3.8) is 0 Å².